The van der Waals surface area contributed by atoms with Crippen LogP contribution in [0.5, 0.6) is 0 Å². The highest BCUT2D eigenvalue weighted by Gasteiger charge is 2.30. The summed E-state index contributed by atoms with van der Waals surface area (Å²) < 4.78 is 0. The van der Waals surface area contributed by atoms with Gasteiger partial charge in [0.15, 0.2) is 0 Å². The van der Waals surface area contributed by atoms with E-state index in [1.54, 1.807) is 0 Å². The molecular formula is C14H22O. The van der Waals surface area contributed by atoms with Crippen LogP contribution >= 0.6 is 0 Å². The van der Waals surface area contributed by atoms with Gasteiger partial charge in [0.2, 0.25) is 0 Å². The van der Waals surface area contributed by atoms with E-state index in [1.807, 2.05) is 44.2 Å². The fraction of sp³-hybridized carbons (Fsp3) is 0.571. The summed E-state index contributed by atoms with van der Waals surface area (Å²) in [6.45, 7) is 4.00. The molecule has 1 heteroatoms. The van der Waals surface area contributed by atoms with Crippen LogP contribution in [0.4, 0.5) is 0 Å². The van der Waals surface area contributed by atoms with E-state index in [2.05, 4.69) is 0 Å². The van der Waals surface area contributed by atoms with Crippen molar-refractivity contribution in [2.24, 2.45) is 0 Å². The maximum absolute atomic E-state index is 10.3. The van der Waals surface area contributed by atoms with Crippen LogP contribution in [-0.2, 0) is 5.60 Å². The Labute approximate surface area is 93.1 Å². The number of aliphatic hydroxyl groups is 1. The Morgan fingerprint density at radius 2 is 1.47 bits per heavy atom. The molecule has 0 heterocycles. The number of hydrogen-bond donors (Lipinski definition) is 1. The topological polar surface area (TPSA) is 20.2 Å². The van der Waals surface area contributed by atoms with E-state index in [0.29, 0.717) is 0 Å². The SMILES string of the molecule is CC.OC1(c2ccccc2)CCCCC1. The van der Waals surface area contributed by atoms with E-state index in [-0.39, 0.29) is 0 Å². The lowest BCUT2D eigenvalue weighted by atomic mass is 9.80. The van der Waals surface area contributed by atoms with Crippen LogP contribution in [0.25, 0.3) is 0 Å². The first kappa shape index (κ1) is 12.3. The first-order valence-corrected chi connectivity index (χ1v) is 6.09. The summed E-state index contributed by atoms with van der Waals surface area (Å²) in [6, 6.07) is 10.1. The molecule has 0 atom stereocenters. The largest absolute Gasteiger partial charge is 0.385 e. The van der Waals surface area contributed by atoms with Crippen LogP contribution in [-0.4, -0.2) is 5.11 Å². The average Bonchev–Trinajstić information content (AvgIpc) is 2.34. The molecule has 1 aliphatic rings. The van der Waals surface area contributed by atoms with E-state index >= 15 is 0 Å². The fourth-order valence-electron chi connectivity index (χ4n) is 2.17. The summed E-state index contributed by atoms with van der Waals surface area (Å²) in [5, 5.41) is 10.3. The lowest BCUT2D eigenvalue weighted by Gasteiger charge is -2.32. The highest BCUT2D eigenvalue weighted by molar-refractivity contribution is 5.22. The van der Waals surface area contributed by atoms with Gasteiger partial charge in [-0.1, -0.05) is 63.4 Å². The van der Waals surface area contributed by atoms with Crippen LogP contribution in [0.15, 0.2) is 30.3 Å². The Hall–Kier alpha value is -0.820. The number of hydrogen-bond acceptors (Lipinski definition) is 1. The summed E-state index contributed by atoms with van der Waals surface area (Å²) >= 11 is 0. The Morgan fingerprint density at radius 3 is 2.00 bits per heavy atom. The number of benzene rings is 1. The third-order valence-corrected chi connectivity index (χ3v) is 2.99. The van der Waals surface area contributed by atoms with Gasteiger partial charge in [-0.2, -0.15) is 0 Å². The normalized spacial score (nSPS) is 18.9. The van der Waals surface area contributed by atoms with Crippen molar-refractivity contribution in [3.05, 3.63) is 35.9 Å². The molecule has 0 bridgehead atoms. The van der Waals surface area contributed by atoms with Crippen LogP contribution in [0.3, 0.4) is 0 Å². The molecule has 0 amide bonds. The Kier molecular flexibility index (Phi) is 4.83. The smallest absolute Gasteiger partial charge is 0.0896 e. The number of rotatable bonds is 1. The van der Waals surface area contributed by atoms with Gasteiger partial charge in [0.1, 0.15) is 0 Å². The second kappa shape index (κ2) is 5.92. The lowest BCUT2D eigenvalue weighted by molar-refractivity contribution is -0.000623. The lowest BCUT2D eigenvalue weighted by Crippen LogP contribution is -2.28. The van der Waals surface area contributed by atoms with Gasteiger partial charge >= 0.3 is 0 Å². The molecule has 0 unspecified atom stereocenters. The summed E-state index contributed by atoms with van der Waals surface area (Å²) in [5.74, 6) is 0. The zero-order valence-corrected chi connectivity index (χ0v) is 9.87. The molecule has 84 valence electrons. The highest BCUT2D eigenvalue weighted by atomic mass is 16.3. The van der Waals surface area contributed by atoms with Gasteiger partial charge in [0, 0.05) is 0 Å². The molecule has 0 radical (unpaired) electrons. The van der Waals surface area contributed by atoms with Crippen LogP contribution < -0.4 is 0 Å². The van der Waals surface area contributed by atoms with E-state index < -0.39 is 5.60 Å². The molecule has 1 aliphatic carbocycles. The van der Waals surface area contributed by atoms with Gasteiger partial charge in [0.05, 0.1) is 5.60 Å². The van der Waals surface area contributed by atoms with Gasteiger partial charge < -0.3 is 5.11 Å². The summed E-state index contributed by atoms with van der Waals surface area (Å²) in [7, 11) is 0. The molecule has 0 spiro atoms. The molecule has 0 aromatic heterocycles. The molecule has 0 aliphatic heterocycles. The summed E-state index contributed by atoms with van der Waals surface area (Å²) in [4.78, 5) is 0. The van der Waals surface area contributed by atoms with Crippen molar-refractivity contribution in [3.8, 4) is 0 Å². The first-order valence-electron chi connectivity index (χ1n) is 6.09. The molecule has 0 saturated heterocycles. The quantitative estimate of drug-likeness (QED) is 0.739. The molecule has 1 N–H and O–H groups in total. The second-order valence-electron chi connectivity index (χ2n) is 3.96. The predicted molar refractivity (Wildman–Crippen MR) is 64.8 cm³/mol. The standard InChI is InChI=1S/C12H16O.C2H6/c13-12(9-5-2-6-10-12)11-7-3-1-4-8-11;1-2/h1,3-4,7-8,13H,2,5-6,9-10H2;1-2H3. The van der Waals surface area contributed by atoms with Gasteiger partial charge in [-0.05, 0) is 18.4 Å². The Morgan fingerprint density at radius 1 is 0.933 bits per heavy atom. The van der Waals surface area contributed by atoms with Crippen molar-refractivity contribution in [2.45, 2.75) is 51.6 Å². The fourth-order valence-corrected chi connectivity index (χ4v) is 2.17. The third kappa shape index (κ3) is 3.07. The van der Waals surface area contributed by atoms with Crippen LogP contribution in [0.2, 0.25) is 0 Å². The summed E-state index contributed by atoms with van der Waals surface area (Å²) in [6.07, 6.45) is 5.44. The minimum Gasteiger partial charge on any atom is -0.385 e. The van der Waals surface area contributed by atoms with E-state index in [1.165, 1.54) is 6.42 Å². The van der Waals surface area contributed by atoms with Crippen molar-refractivity contribution < 1.29 is 5.11 Å². The van der Waals surface area contributed by atoms with Crippen LogP contribution in [0.1, 0.15) is 51.5 Å². The molecule has 1 aromatic rings. The van der Waals surface area contributed by atoms with Crippen LogP contribution in [0, 0.1) is 0 Å². The van der Waals surface area contributed by atoms with E-state index in [4.69, 9.17) is 0 Å². The monoisotopic (exact) mass is 206 g/mol. The first-order chi connectivity index (χ1) is 7.31. The Bertz CT molecular complexity index is 260. The average molecular weight is 206 g/mol. The van der Waals surface area contributed by atoms with Gasteiger partial charge in [-0.3, -0.25) is 0 Å². The van der Waals surface area contributed by atoms with E-state index in [0.717, 1.165) is 31.2 Å². The van der Waals surface area contributed by atoms with Crippen molar-refractivity contribution in [1.29, 1.82) is 0 Å². The zero-order valence-electron chi connectivity index (χ0n) is 9.87. The summed E-state index contributed by atoms with van der Waals surface area (Å²) in [5.41, 5.74) is 0.564. The highest BCUT2D eigenvalue weighted by Crippen LogP contribution is 2.36. The predicted octanol–water partition coefficient (Wildman–Crippen LogP) is 3.86. The van der Waals surface area contributed by atoms with Gasteiger partial charge in [0.25, 0.3) is 0 Å². The molecule has 2 rings (SSSR count). The minimum absolute atomic E-state index is 0.528. The molecule has 1 fully saturated rings. The molecule has 1 aromatic carbocycles. The molecule has 15 heavy (non-hydrogen) atoms. The maximum Gasteiger partial charge on any atom is 0.0896 e. The molecule has 1 saturated carbocycles. The Balaban J connectivity index is 0.000000531. The molecule has 1 nitrogen and oxygen atoms in total. The second-order valence-corrected chi connectivity index (χ2v) is 3.96. The van der Waals surface area contributed by atoms with Crippen molar-refractivity contribution in [2.75, 3.05) is 0 Å². The van der Waals surface area contributed by atoms with Crippen molar-refractivity contribution in [1.82, 2.24) is 0 Å². The van der Waals surface area contributed by atoms with Gasteiger partial charge in [-0.25, -0.2) is 0 Å². The third-order valence-electron chi connectivity index (χ3n) is 2.99. The van der Waals surface area contributed by atoms with Crippen molar-refractivity contribution >= 4 is 0 Å². The van der Waals surface area contributed by atoms with Crippen molar-refractivity contribution in [3.63, 3.8) is 0 Å². The molecular weight excluding hydrogens is 184 g/mol. The zero-order chi connectivity index (χ0) is 11.1. The van der Waals surface area contributed by atoms with Gasteiger partial charge in [-0.15, -0.1) is 0 Å². The van der Waals surface area contributed by atoms with E-state index in [9.17, 15) is 5.11 Å². The maximum atomic E-state index is 10.3. The minimum atomic E-state index is -0.528.